The van der Waals surface area contributed by atoms with E-state index in [1.165, 1.54) is 11.1 Å². The third-order valence-electron chi connectivity index (χ3n) is 5.67. The zero-order chi connectivity index (χ0) is 28.3. The zero-order valence-corrected chi connectivity index (χ0v) is 25.8. The maximum Gasteiger partial charge on any atom is 0.391 e. The maximum absolute atomic E-state index is 9.02. The normalized spacial score (nSPS) is 12.9. The summed E-state index contributed by atoms with van der Waals surface area (Å²) in [5.41, 5.74) is 4.30. The van der Waals surface area contributed by atoms with E-state index < -0.39 is 17.2 Å². The molecule has 0 atom stereocenters. The van der Waals surface area contributed by atoms with Crippen LogP contribution in [0.4, 0.5) is 0 Å². The Morgan fingerprint density at radius 3 is 0.944 bits per heavy atom. The van der Waals surface area contributed by atoms with Crippen molar-refractivity contribution in [3.05, 3.63) is 58.7 Å². The molecule has 0 aliphatic rings. The fourth-order valence-electron chi connectivity index (χ4n) is 3.50. The molecule has 36 heavy (non-hydrogen) atoms. The van der Waals surface area contributed by atoms with Crippen molar-refractivity contribution in [3.8, 4) is 11.5 Å². The molecule has 2 aromatic carbocycles. The van der Waals surface area contributed by atoms with Crippen molar-refractivity contribution in [2.45, 2.75) is 105 Å². The molecule has 0 saturated carbocycles. The van der Waals surface area contributed by atoms with Crippen LogP contribution in [-0.2, 0) is 21.7 Å². The third kappa shape index (κ3) is 10.2. The molecule has 0 fully saturated rings. The second-order valence-corrected chi connectivity index (χ2v) is 14.5. The van der Waals surface area contributed by atoms with Gasteiger partial charge in [0.1, 0.15) is 11.5 Å². The molecule has 2 rings (SSSR count). The predicted molar refractivity (Wildman–Crippen MR) is 152 cm³/mol. The largest absolute Gasteiger partial charge is 0.427 e. The zero-order valence-electron chi connectivity index (χ0n) is 24.0. The van der Waals surface area contributed by atoms with E-state index in [1.807, 2.05) is 24.3 Å². The summed E-state index contributed by atoms with van der Waals surface area (Å²) in [6, 6.07) is 11.8. The van der Waals surface area contributed by atoms with Crippen LogP contribution in [0.15, 0.2) is 36.4 Å². The molecule has 0 saturated heterocycles. The average molecular weight is 541 g/mol. The summed E-state index contributed by atoms with van der Waals surface area (Å²) >= 11 is 0. The van der Waals surface area contributed by atoms with Gasteiger partial charge in [0.15, 0.2) is 0 Å². The van der Waals surface area contributed by atoms with Crippen molar-refractivity contribution in [1.29, 1.82) is 0 Å². The molecular formula is C28H46O6P2. The highest BCUT2D eigenvalue weighted by Gasteiger charge is 2.25. The highest BCUT2D eigenvalue weighted by atomic mass is 31.2. The predicted octanol–water partition coefficient (Wildman–Crippen LogP) is 7.74. The Morgan fingerprint density at radius 2 is 0.750 bits per heavy atom. The second-order valence-electron chi connectivity index (χ2n) is 13.1. The van der Waals surface area contributed by atoms with Crippen LogP contribution in [0.3, 0.4) is 0 Å². The highest BCUT2D eigenvalue weighted by molar-refractivity contribution is 7.40. The minimum atomic E-state index is -2.38. The number of hydrogen-bond acceptors (Lipinski definition) is 6. The van der Waals surface area contributed by atoms with E-state index in [0.29, 0.717) is 11.5 Å². The van der Waals surface area contributed by atoms with Gasteiger partial charge in [0.2, 0.25) is 0 Å². The smallest absolute Gasteiger partial charge is 0.391 e. The molecule has 0 unspecified atom stereocenters. The van der Waals surface area contributed by atoms with Crippen molar-refractivity contribution >= 4 is 17.2 Å². The maximum atomic E-state index is 9.02. The van der Waals surface area contributed by atoms with Gasteiger partial charge in [-0.25, -0.2) is 0 Å². The van der Waals surface area contributed by atoms with Gasteiger partial charge < -0.3 is 28.6 Å². The summed E-state index contributed by atoms with van der Waals surface area (Å²) in [5.74, 6) is 1.10. The van der Waals surface area contributed by atoms with Crippen molar-refractivity contribution < 1.29 is 28.6 Å². The first-order chi connectivity index (χ1) is 16.0. The summed E-state index contributed by atoms with van der Waals surface area (Å²) in [6.45, 7) is 25.4. The van der Waals surface area contributed by atoms with Crippen molar-refractivity contribution in [1.82, 2.24) is 0 Å². The molecule has 0 heterocycles. The molecule has 0 aliphatic carbocycles. The SMILES string of the molecule is CC(C)(C)c1ccc(OP(O)O)c(C(C)(C)C)c1.CC(C)(C)c1ccc(OP(O)O)c(C(C)(C)C)c1. The monoisotopic (exact) mass is 540 g/mol. The van der Waals surface area contributed by atoms with Crippen LogP contribution >= 0.6 is 17.2 Å². The number of benzene rings is 2. The van der Waals surface area contributed by atoms with Crippen LogP contribution in [0.5, 0.6) is 11.5 Å². The first-order valence-electron chi connectivity index (χ1n) is 12.0. The van der Waals surface area contributed by atoms with Crippen LogP contribution in [0.2, 0.25) is 0 Å². The lowest BCUT2D eigenvalue weighted by molar-refractivity contribution is 0.367. The quantitative estimate of drug-likeness (QED) is 0.296. The van der Waals surface area contributed by atoms with Crippen molar-refractivity contribution in [2.24, 2.45) is 0 Å². The van der Waals surface area contributed by atoms with E-state index in [0.717, 1.165) is 11.1 Å². The molecule has 0 bridgehead atoms. The Hall–Kier alpha value is -1.26. The Kier molecular flexibility index (Phi) is 11.0. The molecule has 4 N–H and O–H groups in total. The topological polar surface area (TPSA) is 99.4 Å². The summed E-state index contributed by atoms with van der Waals surface area (Å²) in [4.78, 5) is 36.1. The average Bonchev–Trinajstić information content (AvgIpc) is 2.64. The molecule has 0 aromatic heterocycles. The van der Waals surface area contributed by atoms with Crippen molar-refractivity contribution in [2.75, 3.05) is 0 Å². The van der Waals surface area contributed by atoms with Crippen molar-refractivity contribution in [3.63, 3.8) is 0 Å². The lowest BCUT2D eigenvalue weighted by atomic mass is 9.80. The Bertz CT molecular complexity index is 910. The van der Waals surface area contributed by atoms with Gasteiger partial charge in [0.05, 0.1) is 0 Å². The van der Waals surface area contributed by atoms with Crippen LogP contribution in [0, 0.1) is 0 Å². The molecule has 2 aromatic rings. The van der Waals surface area contributed by atoms with Gasteiger partial charge in [-0.1, -0.05) is 107 Å². The Balaban J connectivity index is 0.000000360. The molecule has 6 nitrogen and oxygen atoms in total. The van der Waals surface area contributed by atoms with Gasteiger partial charge in [-0.15, -0.1) is 0 Å². The summed E-state index contributed by atoms with van der Waals surface area (Å²) in [7, 11) is -4.76. The minimum Gasteiger partial charge on any atom is -0.427 e. The van der Waals surface area contributed by atoms with E-state index in [2.05, 4.69) is 95.2 Å². The van der Waals surface area contributed by atoms with E-state index in [1.54, 1.807) is 0 Å². The first kappa shape index (κ1) is 32.8. The number of rotatable bonds is 4. The summed E-state index contributed by atoms with van der Waals surface area (Å²) < 4.78 is 10.2. The molecule has 204 valence electrons. The van der Waals surface area contributed by atoms with E-state index in [9.17, 15) is 0 Å². The summed E-state index contributed by atoms with van der Waals surface area (Å²) in [5, 5.41) is 0. The molecule has 0 radical (unpaired) electrons. The lowest BCUT2D eigenvalue weighted by Crippen LogP contribution is -2.17. The Morgan fingerprint density at radius 1 is 0.472 bits per heavy atom. The molecule has 0 amide bonds. The summed E-state index contributed by atoms with van der Waals surface area (Å²) in [6.07, 6.45) is 0. The number of hydrogen-bond donors (Lipinski definition) is 4. The van der Waals surface area contributed by atoms with Crippen LogP contribution in [0.1, 0.15) is 105 Å². The lowest BCUT2D eigenvalue weighted by Gasteiger charge is -2.27. The van der Waals surface area contributed by atoms with E-state index in [4.69, 9.17) is 28.6 Å². The van der Waals surface area contributed by atoms with Gasteiger partial charge in [-0.2, -0.15) is 0 Å². The molecule has 0 aliphatic heterocycles. The van der Waals surface area contributed by atoms with Gasteiger partial charge in [-0.3, -0.25) is 0 Å². The van der Waals surface area contributed by atoms with Crippen LogP contribution < -0.4 is 9.05 Å². The van der Waals surface area contributed by atoms with Gasteiger partial charge in [0.25, 0.3) is 0 Å². The highest BCUT2D eigenvalue weighted by Crippen LogP contribution is 2.41. The molecule has 0 spiro atoms. The van der Waals surface area contributed by atoms with Crippen LogP contribution in [-0.4, -0.2) is 19.6 Å². The van der Waals surface area contributed by atoms with E-state index in [-0.39, 0.29) is 21.7 Å². The first-order valence-corrected chi connectivity index (χ1v) is 14.4. The minimum absolute atomic E-state index is 0.0572. The fraction of sp³-hybridized carbons (Fsp3) is 0.571. The Labute approximate surface area is 220 Å². The van der Waals surface area contributed by atoms with Gasteiger partial charge in [0, 0.05) is 11.1 Å². The van der Waals surface area contributed by atoms with Crippen LogP contribution in [0.25, 0.3) is 0 Å². The van der Waals surface area contributed by atoms with E-state index >= 15 is 0 Å². The standard InChI is InChI=1S/2C14H23O3P/c2*1-13(2,3)10-7-8-12(17-18(15)16)11(9-10)14(4,5)6/h2*7-9,15-16H,1-6H3. The molecule has 8 heteroatoms. The third-order valence-corrected chi connectivity index (χ3v) is 6.39. The van der Waals surface area contributed by atoms with Gasteiger partial charge >= 0.3 is 17.2 Å². The fourth-order valence-corrected chi connectivity index (χ4v) is 4.17. The molecular weight excluding hydrogens is 494 g/mol. The second kappa shape index (κ2) is 12.1. The van der Waals surface area contributed by atoms with Gasteiger partial charge in [-0.05, 0) is 44.9 Å².